The van der Waals surface area contributed by atoms with Crippen molar-refractivity contribution in [1.29, 1.82) is 0 Å². The number of aliphatic imine (C=N–C) groups is 1. The number of aromatic nitrogens is 2. The van der Waals surface area contributed by atoms with Crippen LogP contribution in [0, 0.1) is 6.92 Å². The lowest BCUT2D eigenvalue weighted by Crippen LogP contribution is -2.50. The van der Waals surface area contributed by atoms with E-state index in [-0.39, 0.29) is 30.1 Å². The molecule has 8 nitrogen and oxygen atoms in total. The molecular weight excluding hydrogens is 471 g/mol. The molecule has 152 valence electrons. The number of guanidine groups is 1. The molecule has 3 heterocycles. The van der Waals surface area contributed by atoms with Gasteiger partial charge < -0.3 is 19.5 Å². The molecule has 4 rings (SSSR count). The average Bonchev–Trinajstić information content (AvgIpc) is 3.30. The molecule has 0 aliphatic carbocycles. The molecule has 2 aliphatic heterocycles. The number of benzene rings is 1. The summed E-state index contributed by atoms with van der Waals surface area (Å²) in [4.78, 5) is 13.4. The van der Waals surface area contributed by atoms with Crippen molar-refractivity contribution in [3.8, 4) is 0 Å². The van der Waals surface area contributed by atoms with Crippen molar-refractivity contribution in [2.45, 2.75) is 32.2 Å². The van der Waals surface area contributed by atoms with Gasteiger partial charge in [-0.25, -0.2) is 0 Å². The summed E-state index contributed by atoms with van der Waals surface area (Å²) >= 11 is 0. The molecule has 2 atom stereocenters. The molecule has 2 saturated heterocycles. The Morgan fingerprint density at radius 1 is 1.29 bits per heavy atom. The molecule has 0 bridgehead atoms. The smallest absolute Gasteiger partial charge is 0.246 e. The van der Waals surface area contributed by atoms with E-state index in [1.807, 2.05) is 6.92 Å². The molecule has 0 saturated carbocycles. The van der Waals surface area contributed by atoms with E-state index in [1.165, 1.54) is 5.56 Å². The lowest BCUT2D eigenvalue weighted by molar-refractivity contribution is -0.0502. The van der Waals surface area contributed by atoms with Crippen molar-refractivity contribution in [2.24, 2.45) is 4.99 Å². The number of aryl methyl sites for hydroxylation is 1. The standard InChI is InChI=1S/C19H26N6O2.HI/c1-14-22-18(27-23-14)10-21-19(20-2)25-12-16-17(13-25)26-9-8-24(16)11-15-6-4-3-5-7-15;/h3-7,16-17H,8-13H2,1-2H3,(H,20,21);1H. The van der Waals surface area contributed by atoms with Crippen molar-refractivity contribution in [3.05, 3.63) is 47.6 Å². The van der Waals surface area contributed by atoms with Crippen LogP contribution in [-0.4, -0.2) is 71.3 Å². The SMILES string of the molecule is CN=C(NCc1nc(C)no1)N1CC2OCCN(Cc3ccccc3)C2C1.I. The summed E-state index contributed by atoms with van der Waals surface area (Å²) in [5, 5.41) is 7.14. The largest absolute Gasteiger partial charge is 0.373 e. The number of nitrogens with zero attached hydrogens (tertiary/aromatic N) is 5. The third kappa shape index (κ3) is 4.81. The number of ether oxygens (including phenoxy) is 1. The zero-order valence-electron chi connectivity index (χ0n) is 16.2. The molecule has 0 spiro atoms. The van der Waals surface area contributed by atoms with Crippen LogP contribution in [0.1, 0.15) is 17.3 Å². The van der Waals surface area contributed by atoms with E-state index in [1.54, 1.807) is 7.05 Å². The highest BCUT2D eigenvalue weighted by molar-refractivity contribution is 14.0. The Kier molecular flexibility index (Phi) is 7.24. The lowest BCUT2D eigenvalue weighted by Gasteiger charge is -2.36. The molecule has 1 aromatic heterocycles. The van der Waals surface area contributed by atoms with E-state index < -0.39 is 0 Å². The van der Waals surface area contributed by atoms with Crippen LogP contribution in [0.15, 0.2) is 39.8 Å². The number of rotatable bonds is 4. The summed E-state index contributed by atoms with van der Waals surface area (Å²) < 4.78 is 11.2. The van der Waals surface area contributed by atoms with E-state index in [0.29, 0.717) is 24.3 Å². The van der Waals surface area contributed by atoms with Crippen LogP contribution in [-0.2, 0) is 17.8 Å². The van der Waals surface area contributed by atoms with Gasteiger partial charge in [0.05, 0.1) is 25.3 Å². The summed E-state index contributed by atoms with van der Waals surface area (Å²) in [7, 11) is 1.80. The van der Waals surface area contributed by atoms with Crippen LogP contribution in [0.5, 0.6) is 0 Å². The first kappa shape index (κ1) is 21.0. The van der Waals surface area contributed by atoms with Gasteiger partial charge in [-0.1, -0.05) is 35.5 Å². The average molecular weight is 498 g/mol. The molecule has 0 radical (unpaired) electrons. The van der Waals surface area contributed by atoms with Gasteiger partial charge in [0.1, 0.15) is 0 Å². The highest BCUT2D eigenvalue weighted by atomic mass is 127. The summed E-state index contributed by atoms with van der Waals surface area (Å²) in [6, 6.07) is 11.0. The number of nitrogens with one attached hydrogen (secondary N) is 1. The third-order valence-corrected chi connectivity index (χ3v) is 5.12. The number of halogens is 1. The normalized spacial score (nSPS) is 22.6. The van der Waals surface area contributed by atoms with Gasteiger partial charge in [0.15, 0.2) is 11.8 Å². The third-order valence-electron chi connectivity index (χ3n) is 5.12. The minimum Gasteiger partial charge on any atom is -0.373 e. The Morgan fingerprint density at radius 2 is 2.11 bits per heavy atom. The maximum absolute atomic E-state index is 6.05. The Hall–Kier alpha value is -1.72. The topological polar surface area (TPSA) is 79.0 Å². The fourth-order valence-corrected chi connectivity index (χ4v) is 3.84. The van der Waals surface area contributed by atoms with Crippen LogP contribution in [0.2, 0.25) is 0 Å². The zero-order valence-corrected chi connectivity index (χ0v) is 18.6. The van der Waals surface area contributed by atoms with Crippen LogP contribution < -0.4 is 5.32 Å². The van der Waals surface area contributed by atoms with E-state index in [9.17, 15) is 0 Å². The summed E-state index contributed by atoms with van der Waals surface area (Å²) in [6.07, 6.45) is 0.201. The molecule has 2 aromatic rings. The zero-order chi connectivity index (χ0) is 18.6. The summed E-state index contributed by atoms with van der Waals surface area (Å²) in [5.74, 6) is 2.04. The highest BCUT2D eigenvalue weighted by Gasteiger charge is 2.41. The second-order valence-electron chi connectivity index (χ2n) is 6.97. The first-order chi connectivity index (χ1) is 13.2. The Balaban J connectivity index is 0.00000225. The molecule has 2 unspecified atom stereocenters. The number of hydrogen-bond acceptors (Lipinski definition) is 6. The Bertz CT molecular complexity index is 784. The van der Waals surface area contributed by atoms with E-state index in [4.69, 9.17) is 9.26 Å². The molecule has 28 heavy (non-hydrogen) atoms. The second-order valence-corrected chi connectivity index (χ2v) is 6.97. The van der Waals surface area contributed by atoms with Crippen LogP contribution >= 0.6 is 24.0 Å². The quantitative estimate of drug-likeness (QED) is 0.390. The van der Waals surface area contributed by atoms with Gasteiger partial charge in [0.25, 0.3) is 0 Å². The van der Waals surface area contributed by atoms with Gasteiger partial charge in [0, 0.05) is 33.2 Å². The maximum Gasteiger partial charge on any atom is 0.246 e. The molecular formula is C19H27IN6O2. The van der Waals surface area contributed by atoms with Crippen molar-refractivity contribution in [3.63, 3.8) is 0 Å². The van der Waals surface area contributed by atoms with Gasteiger partial charge in [-0.2, -0.15) is 4.98 Å². The van der Waals surface area contributed by atoms with Crippen molar-refractivity contribution in [2.75, 3.05) is 33.3 Å². The number of morpholine rings is 1. The Morgan fingerprint density at radius 3 is 2.82 bits per heavy atom. The number of fused-ring (bicyclic) bond motifs is 1. The Labute approximate surface area is 182 Å². The van der Waals surface area contributed by atoms with E-state index >= 15 is 0 Å². The van der Waals surface area contributed by atoms with E-state index in [2.05, 4.69) is 60.6 Å². The van der Waals surface area contributed by atoms with Gasteiger partial charge in [0.2, 0.25) is 5.89 Å². The van der Waals surface area contributed by atoms with Crippen molar-refractivity contribution >= 4 is 29.9 Å². The first-order valence-electron chi connectivity index (χ1n) is 9.37. The fraction of sp³-hybridized carbons (Fsp3) is 0.526. The minimum absolute atomic E-state index is 0. The van der Waals surface area contributed by atoms with Crippen molar-refractivity contribution < 1.29 is 9.26 Å². The molecule has 2 fully saturated rings. The monoisotopic (exact) mass is 498 g/mol. The van der Waals surface area contributed by atoms with E-state index in [0.717, 1.165) is 38.7 Å². The van der Waals surface area contributed by atoms with Gasteiger partial charge in [-0.05, 0) is 12.5 Å². The lowest BCUT2D eigenvalue weighted by atomic mass is 10.1. The minimum atomic E-state index is 0. The van der Waals surface area contributed by atoms with Crippen LogP contribution in [0.25, 0.3) is 0 Å². The number of likely N-dealkylation sites (tertiary alicyclic amines) is 1. The number of hydrogen-bond donors (Lipinski definition) is 1. The molecule has 2 aliphatic rings. The fourth-order valence-electron chi connectivity index (χ4n) is 3.84. The molecule has 9 heteroatoms. The van der Waals surface area contributed by atoms with Crippen LogP contribution in [0.3, 0.4) is 0 Å². The first-order valence-corrected chi connectivity index (χ1v) is 9.37. The van der Waals surface area contributed by atoms with Gasteiger partial charge in [-0.3, -0.25) is 9.89 Å². The van der Waals surface area contributed by atoms with Crippen LogP contribution in [0.4, 0.5) is 0 Å². The summed E-state index contributed by atoms with van der Waals surface area (Å²) in [6.45, 7) is 6.68. The predicted octanol–water partition coefficient (Wildman–Crippen LogP) is 1.66. The van der Waals surface area contributed by atoms with Gasteiger partial charge >= 0.3 is 0 Å². The second kappa shape index (κ2) is 9.66. The predicted molar refractivity (Wildman–Crippen MR) is 117 cm³/mol. The molecule has 0 amide bonds. The van der Waals surface area contributed by atoms with Crippen molar-refractivity contribution in [1.82, 2.24) is 25.3 Å². The highest BCUT2D eigenvalue weighted by Crippen LogP contribution is 2.24. The summed E-state index contributed by atoms with van der Waals surface area (Å²) in [5.41, 5.74) is 1.34. The maximum atomic E-state index is 6.05. The molecule has 1 aromatic carbocycles. The molecule has 1 N–H and O–H groups in total. The van der Waals surface area contributed by atoms with Gasteiger partial charge in [-0.15, -0.1) is 24.0 Å².